The zero-order chi connectivity index (χ0) is 71.6. The van der Waals surface area contributed by atoms with E-state index in [4.69, 9.17) is 22.9 Å². The van der Waals surface area contributed by atoms with E-state index < -0.39 is 169 Å². The van der Waals surface area contributed by atoms with Gasteiger partial charge in [0.15, 0.2) is 5.96 Å². The molecular weight excluding hydrogens is 1260 g/mol. The molecule has 0 aliphatic carbocycles. The van der Waals surface area contributed by atoms with E-state index in [1.54, 1.807) is 102 Å². The molecule has 0 aliphatic heterocycles. The smallest absolute Gasteiger partial charge is 0.326 e. The molecule has 0 radical (unpaired) electrons. The number of rotatable bonds is 46. The molecule has 0 unspecified atom stereocenters. The number of carbonyl (C=O) groups excluding carboxylic acids is 9. The molecule has 3 rings (SSSR count). The number of unbranched alkanes of at least 4 members (excludes halogenated alkanes) is 1. The lowest BCUT2D eigenvalue weighted by Crippen LogP contribution is -2.62. The van der Waals surface area contributed by atoms with Crippen molar-refractivity contribution < 1.29 is 72.9 Å². The number of nitrogens with one attached hydrogen (secondary N) is 10. The summed E-state index contributed by atoms with van der Waals surface area (Å²) < 4.78 is 0. The van der Waals surface area contributed by atoms with E-state index in [-0.39, 0.29) is 69.8 Å². The molecule has 0 bridgehead atoms. The monoisotopic (exact) mass is 1360 g/mol. The van der Waals surface area contributed by atoms with Gasteiger partial charge in [-0.1, -0.05) is 109 Å². The average molecular weight is 1360 g/mol. The van der Waals surface area contributed by atoms with Crippen molar-refractivity contribution in [1.29, 1.82) is 0 Å². The number of aliphatic imine (C=N–C) groups is 1. The minimum Gasteiger partial charge on any atom is -0.481 e. The Morgan fingerprint density at radius 1 is 0.521 bits per heavy atom. The molecule has 0 spiro atoms. The van der Waals surface area contributed by atoms with Gasteiger partial charge < -0.3 is 91.1 Å². The molecule has 0 saturated carbocycles. The highest BCUT2D eigenvalue weighted by atomic mass is 32.2. The summed E-state index contributed by atoms with van der Waals surface area (Å²) in [4.78, 5) is 173. The van der Waals surface area contributed by atoms with Crippen molar-refractivity contribution in [2.24, 2.45) is 45.7 Å². The molecule has 2 aromatic carbocycles. The summed E-state index contributed by atoms with van der Waals surface area (Å²) in [7, 11) is 0. The summed E-state index contributed by atoms with van der Waals surface area (Å²) in [5, 5.41) is 53.9. The molecule has 9 amide bonds. The highest BCUT2D eigenvalue weighted by Crippen LogP contribution is 2.21. The normalized spacial score (nSPS) is 15.0. The molecule has 96 heavy (non-hydrogen) atoms. The maximum atomic E-state index is 15.0. The van der Waals surface area contributed by atoms with E-state index in [0.717, 1.165) is 0 Å². The molecule has 0 aliphatic rings. The maximum absolute atomic E-state index is 15.0. The third-order valence-electron chi connectivity index (χ3n) is 16.2. The summed E-state index contributed by atoms with van der Waals surface area (Å²) in [5.41, 5.74) is 24.6. The first-order valence-corrected chi connectivity index (χ1v) is 33.9. The summed E-state index contributed by atoms with van der Waals surface area (Å²) in [5.74, 6) is -13.2. The van der Waals surface area contributed by atoms with Crippen LogP contribution < -0.4 is 70.8 Å². The number of nitrogens with two attached hydrogens (primary N) is 4. The van der Waals surface area contributed by atoms with Gasteiger partial charge in [0.05, 0.1) is 6.04 Å². The van der Waals surface area contributed by atoms with Gasteiger partial charge in [-0.2, -0.15) is 11.8 Å². The molecule has 0 saturated heterocycles. The van der Waals surface area contributed by atoms with Crippen molar-refractivity contribution in [3.8, 4) is 0 Å². The lowest BCUT2D eigenvalue weighted by molar-refractivity contribution is -0.143. The Labute approximate surface area is 564 Å². The number of amides is 9. The van der Waals surface area contributed by atoms with Crippen LogP contribution in [0.4, 0.5) is 0 Å². The molecule has 31 heteroatoms. The fraction of sp³-hybridized carbons (Fsp3) is 0.585. The quantitative estimate of drug-likeness (QED) is 0.0208. The lowest BCUT2D eigenvalue weighted by atomic mass is 9.95. The van der Waals surface area contributed by atoms with Crippen LogP contribution in [-0.2, 0) is 70.4 Å². The van der Waals surface area contributed by atoms with Crippen molar-refractivity contribution in [3.05, 3.63) is 71.9 Å². The van der Waals surface area contributed by atoms with E-state index in [1.165, 1.54) is 11.8 Å². The molecule has 0 fully saturated rings. The first kappa shape index (κ1) is 81.4. The van der Waals surface area contributed by atoms with Crippen LogP contribution in [0.15, 0.2) is 65.8 Å². The maximum Gasteiger partial charge on any atom is 0.326 e. The lowest BCUT2D eigenvalue weighted by Gasteiger charge is -2.31. The van der Waals surface area contributed by atoms with Crippen LogP contribution in [0.25, 0.3) is 10.9 Å². The van der Waals surface area contributed by atoms with Crippen molar-refractivity contribution in [2.75, 3.05) is 25.1 Å². The second kappa shape index (κ2) is 42.6. The number of aromatic nitrogens is 1. The Hall–Kier alpha value is -8.84. The number of H-pyrrole nitrogens is 1. The van der Waals surface area contributed by atoms with Crippen LogP contribution in [0.5, 0.6) is 0 Å². The van der Waals surface area contributed by atoms with Crippen molar-refractivity contribution >= 4 is 99.7 Å². The van der Waals surface area contributed by atoms with Crippen LogP contribution in [0.3, 0.4) is 0 Å². The molecule has 30 nitrogen and oxygen atoms in total. The Kier molecular flexibility index (Phi) is 36.1. The van der Waals surface area contributed by atoms with E-state index in [9.17, 15) is 72.9 Å². The molecule has 1 aromatic heterocycles. The zero-order valence-electron chi connectivity index (χ0n) is 55.9. The predicted molar refractivity (Wildman–Crippen MR) is 363 cm³/mol. The van der Waals surface area contributed by atoms with E-state index in [1.807, 2.05) is 6.26 Å². The number of para-hydroxylation sites is 1. The van der Waals surface area contributed by atoms with Gasteiger partial charge in [0.1, 0.15) is 54.4 Å². The van der Waals surface area contributed by atoms with Crippen LogP contribution in [0, 0.1) is 17.8 Å². The standard InChI is InChI=1S/C65H101N15O15S/c1-8-37(5)53(79-58(88)44(23-17-30-70-65(68)69)73-57(87)47(28-31-96-7)72-55(85)42(67)21-15-16-29-66)62(92)75-46(25-27-52(83)84)59(89)80-54(38(6)9-2)63(93)77-48(33-39-18-11-10-12-19-39)60(90)76-49(34-40-35-71-43-22-14-13-20-41(40)43)61(91)74-45(24-26-51(81)82)56(86)78-50(64(94)95)32-36(3)4/h10-14,18-20,22,35-38,42,44-50,53-54,71H,8-9,15-17,21,23-34,66-67H2,1-7H3,(H,72,85)(H,73,87)(H,74,91)(H,75,92)(H,76,90)(H,77,93)(H,78,86)(H,79,88)(H,80,89)(H,81,82)(H,83,84)(H,94,95)(H4,68,69,70)/t37-,38-,42-,44-,45-,46-,47-,48-,49-,50-,53-,54-/m0/s1. The first-order valence-electron chi connectivity index (χ1n) is 32.5. The Morgan fingerprint density at radius 2 is 0.969 bits per heavy atom. The SMILES string of the molecule is CC[C@H](C)[C@H](NC(=O)[C@H](CCC(=O)O)NC(=O)[C@@H](NC(=O)[C@H](CCCN=C(N)N)NC(=O)[C@H](CCSC)NC(=O)[C@@H](N)CCCCN)[C@@H](C)CC)C(=O)N[C@@H](Cc1ccccc1)C(=O)N[C@@H](Cc1c[nH]c2ccccc12)C(=O)N[C@@H](CCC(=O)O)C(=O)N[C@@H](CC(C)C)C(=O)O. The van der Waals surface area contributed by atoms with Gasteiger partial charge in [-0.15, -0.1) is 0 Å². The van der Waals surface area contributed by atoms with Gasteiger partial charge in [-0.3, -0.25) is 57.7 Å². The molecule has 1 heterocycles. The molecule has 12 atom stereocenters. The third-order valence-corrected chi connectivity index (χ3v) is 16.9. The minimum atomic E-state index is -1.66. The fourth-order valence-electron chi connectivity index (χ4n) is 10.3. The number of fused-ring (bicyclic) bond motifs is 1. The van der Waals surface area contributed by atoms with Gasteiger partial charge >= 0.3 is 17.9 Å². The van der Waals surface area contributed by atoms with Gasteiger partial charge in [0.25, 0.3) is 0 Å². The van der Waals surface area contributed by atoms with E-state index >= 15 is 0 Å². The van der Waals surface area contributed by atoms with Gasteiger partial charge in [0, 0.05) is 49.3 Å². The van der Waals surface area contributed by atoms with Crippen LogP contribution in [0.1, 0.15) is 136 Å². The summed E-state index contributed by atoms with van der Waals surface area (Å²) in [6.07, 6.45) is 3.05. The number of carboxylic acids is 3. The predicted octanol–water partition coefficient (Wildman–Crippen LogP) is 0.532. The largest absolute Gasteiger partial charge is 0.481 e. The Balaban J connectivity index is 2.05. The number of aromatic amines is 1. The minimum absolute atomic E-state index is 0.00765. The number of hydrogen-bond acceptors (Lipinski definition) is 16. The highest BCUT2D eigenvalue weighted by Gasteiger charge is 2.38. The zero-order valence-corrected chi connectivity index (χ0v) is 56.7. The van der Waals surface area contributed by atoms with Crippen molar-refractivity contribution in [1.82, 2.24) is 52.8 Å². The number of carboxylic acid groups (broad SMARTS) is 3. The molecule has 532 valence electrons. The number of thioether (sulfide) groups is 1. The third kappa shape index (κ3) is 28.6. The number of benzene rings is 2. The van der Waals surface area contributed by atoms with Crippen molar-refractivity contribution in [3.63, 3.8) is 0 Å². The second-order valence-electron chi connectivity index (χ2n) is 24.4. The summed E-state index contributed by atoms with van der Waals surface area (Å²) >= 11 is 1.42. The van der Waals surface area contributed by atoms with Crippen LogP contribution in [-0.4, -0.2) is 183 Å². The number of hydrogen-bond donors (Lipinski definition) is 17. The van der Waals surface area contributed by atoms with Gasteiger partial charge in [0.2, 0.25) is 53.2 Å². The van der Waals surface area contributed by atoms with Gasteiger partial charge in [-0.05, 0) is 105 Å². The van der Waals surface area contributed by atoms with Gasteiger partial charge in [-0.25, -0.2) is 4.79 Å². The Bertz CT molecular complexity index is 3090. The topological polar surface area (TPSA) is 506 Å². The average Bonchev–Trinajstić information content (AvgIpc) is 1.69. The first-order chi connectivity index (χ1) is 45.5. The number of guanidine groups is 1. The van der Waals surface area contributed by atoms with Crippen molar-refractivity contribution in [2.45, 2.75) is 198 Å². The molecule has 3 aromatic rings. The van der Waals surface area contributed by atoms with E-state index in [0.29, 0.717) is 53.6 Å². The number of aliphatic carboxylic acids is 3. The Morgan fingerprint density at radius 3 is 1.47 bits per heavy atom. The highest BCUT2D eigenvalue weighted by molar-refractivity contribution is 7.98. The fourth-order valence-corrected chi connectivity index (χ4v) is 10.7. The number of carbonyl (C=O) groups is 12. The molecule has 21 N–H and O–H groups in total. The van der Waals surface area contributed by atoms with Crippen LogP contribution >= 0.6 is 11.8 Å². The second-order valence-corrected chi connectivity index (χ2v) is 25.4. The summed E-state index contributed by atoms with van der Waals surface area (Å²) in [6, 6.07) is 1.50. The van der Waals surface area contributed by atoms with E-state index in [2.05, 4.69) is 57.8 Å². The summed E-state index contributed by atoms with van der Waals surface area (Å²) in [6.45, 7) is 10.6. The number of nitrogens with zero attached hydrogens (tertiary/aromatic N) is 1. The molecular formula is C65H101N15O15S. The van der Waals surface area contributed by atoms with Crippen LogP contribution in [0.2, 0.25) is 0 Å².